The van der Waals surface area contributed by atoms with Crippen LogP contribution < -0.4 is 9.64 Å². The minimum atomic E-state index is 0.0179. The topological polar surface area (TPSA) is 53.1 Å². The lowest BCUT2D eigenvalue weighted by Crippen LogP contribution is -2.49. The van der Waals surface area contributed by atoms with Crippen LogP contribution in [0.4, 0.5) is 5.69 Å². The van der Waals surface area contributed by atoms with Gasteiger partial charge in [0.1, 0.15) is 5.75 Å². The SMILES string of the molecule is Cc1ccccc1CN1CCN(C(=O)COc2ccc(N3CCCC3=O)cc2)CC1. The van der Waals surface area contributed by atoms with Gasteiger partial charge in [-0.2, -0.15) is 0 Å². The molecule has 0 atom stereocenters. The Labute approximate surface area is 178 Å². The van der Waals surface area contributed by atoms with E-state index in [0.29, 0.717) is 12.2 Å². The molecule has 2 amide bonds. The van der Waals surface area contributed by atoms with Crippen molar-refractivity contribution >= 4 is 17.5 Å². The van der Waals surface area contributed by atoms with Gasteiger partial charge in [0.15, 0.2) is 6.61 Å². The summed E-state index contributed by atoms with van der Waals surface area (Å²) in [6, 6.07) is 15.9. The lowest BCUT2D eigenvalue weighted by atomic mass is 10.1. The highest BCUT2D eigenvalue weighted by Crippen LogP contribution is 2.24. The first-order valence-corrected chi connectivity index (χ1v) is 10.7. The van der Waals surface area contributed by atoms with Crippen LogP contribution in [0, 0.1) is 6.92 Å². The van der Waals surface area contributed by atoms with Crippen molar-refractivity contribution in [2.24, 2.45) is 0 Å². The van der Waals surface area contributed by atoms with E-state index in [0.717, 1.165) is 51.4 Å². The normalized spacial score (nSPS) is 17.4. The zero-order valence-corrected chi connectivity index (χ0v) is 17.5. The lowest BCUT2D eigenvalue weighted by Gasteiger charge is -2.35. The number of amides is 2. The Hall–Kier alpha value is -2.86. The largest absolute Gasteiger partial charge is 0.484 e. The summed E-state index contributed by atoms with van der Waals surface area (Å²) in [5.74, 6) is 0.835. The van der Waals surface area contributed by atoms with Crippen LogP contribution in [0.3, 0.4) is 0 Å². The van der Waals surface area contributed by atoms with Gasteiger partial charge in [0.2, 0.25) is 5.91 Å². The number of hydrogen-bond donors (Lipinski definition) is 0. The quantitative estimate of drug-likeness (QED) is 0.739. The molecule has 0 saturated carbocycles. The molecule has 0 spiro atoms. The molecule has 0 bridgehead atoms. The molecule has 2 saturated heterocycles. The summed E-state index contributed by atoms with van der Waals surface area (Å²) in [5.41, 5.74) is 3.55. The fourth-order valence-electron chi connectivity index (χ4n) is 4.06. The third-order valence-electron chi connectivity index (χ3n) is 5.96. The number of ether oxygens (including phenoxy) is 1. The number of anilines is 1. The Bertz CT molecular complexity index is 889. The van der Waals surface area contributed by atoms with Gasteiger partial charge in [0.25, 0.3) is 5.91 Å². The summed E-state index contributed by atoms with van der Waals surface area (Å²) < 4.78 is 5.70. The second-order valence-corrected chi connectivity index (χ2v) is 8.01. The molecular formula is C24H29N3O3. The highest BCUT2D eigenvalue weighted by Gasteiger charge is 2.23. The molecule has 4 rings (SSSR count). The maximum atomic E-state index is 12.5. The van der Waals surface area contributed by atoms with Gasteiger partial charge in [-0.15, -0.1) is 0 Å². The van der Waals surface area contributed by atoms with Crippen LogP contribution in [0.15, 0.2) is 48.5 Å². The molecule has 2 aromatic carbocycles. The first kappa shape index (κ1) is 20.4. The van der Waals surface area contributed by atoms with Crippen molar-refractivity contribution in [1.29, 1.82) is 0 Å². The minimum Gasteiger partial charge on any atom is -0.484 e. The van der Waals surface area contributed by atoms with Gasteiger partial charge in [0.05, 0.1) is 0 Å². The van der Waals surface area contributed by atoms with Crippen LogP contribution in [-0.2, 0) is 16.1 Å². The number of aryl methyl sites for hydroxylation is 1. The Morgan fingerprint density at radius 1 is 0.967 bits per heavy atom. The van der Waals surface area contributed by atoms with Gasteiger partial charge in [0, 0.05) is 51.4 Å². The molecule has 2 aromatic rings. The van der Waals surface area contributed by atoms with Crippen molar-refractivity contribution in [3.05, 3.63) is 59.7 Å². The van der Waals surface area contributed by atoms with Crippen molar-refractivity contribution in [3.63, 3.8) is 0 Å². The molecule has 30 heavy (non-hydrogen) atoms. The highest BCUT2D eigenvalue weighted by molar-refractivity contribution is 5.95. The van der Waals surface area contributed by atoms with Crippen LogP contribution in [-0.4, -0.2) is 60.9 Å². The molecule has 2 heterocycles. The summed E-state index contributed by atoms with van der Waals surface area (Å²) in [6.45, 7) is 7.08. The van der Waals surface area contributed by atoms with Crippen LogP contribution in [0.5, 0.6) is 5.75 Å². The predicted molar refractivity (Wildman–Crippen MR) is 117 cm³/mol. The minimum absolute atomic E-state index is 0.0179. The molecule has 0 unspecified atom stereocenters. The zero-order chi connectivity index (χ0) is 20.9. The Morgan fingerprint density at radius 2 is 1.70 bits per heavy atom. The van der Waals surface area contributed by atoms with E-state index < -0.39 is 0 Å². The Balaban J connectivity index is 1.22. The zero-order valence-electron chi connectivity index (χ0n) is 17.5. The third kappa shape index (κ3) is 4.82. The Morgan fingerprint density at radius 3 is 2.37 bits per heavy atom. The predicted octanol–water partition coefficient (Wildman–Crippen LogP) is 2.85. The number of rotatable bonds is 6. The Kier molecular flexibility index (Phi) is 6.33. The van der Waals surface area contributed by atoms with Crippen LogP contribution in [0.1, 0.15) is 24.0 Å². The molecule has 6 heteroatoms. The molecule has 158 valence electrons. The monoisotopic (exact) mass is 407 g/mol. The maximum Gasteiger partial charge on any atom is 0.260 e. The third-order valence-corrected chi connectivity index (χ3v) is 5.96. The first-order valence-electron chi connectivity index (χ1n) is 10.7. The summed E-state index contributed by atoms with van der Waals surface area (Å²) >= 11 is 0. The van der Waals surface area contributed by atoms with Crippen LogP contribution in [0.25, 0.3) is 0 Å². The van der Waals surface area contributed by atoms with E-state index in [2.05, 4.69) is 36.1 Å². The highest BCUT2D eigenvalue weighted by atomic mass is 16.5. The molecular weight excluding hydrogens is 378 g/mol. The number of piperazine rings is 1. The molecule has 2 fully saturated rings. The van der Waals surface area contributed by atoms with Gasteiger partial charge in [-0.1, -0.05) is 24.3 Å². The summed E-state index contributed by atoms with van der Waals surface area (Å²) in [6.07, 6.45) is 1.52. The fourth-order valence-corrected chi connectivity index (χ4v) is 4.06. The molecule has 0 aliphatic carbocycles. The maximum absolute atomic E-state index is 12.5. The van der Waals surface area contributed by atoms with Crippen molar-refractivity contribution in [2.75, 3.05) is 44.2 Å². The average molecular weight is 408 g/mol. The van der Waals surface area contributed by atoms with Crippen molar-refractivity contribution in [1.82, 2.24) is 9.80 Å². The number of nitrogens with zero attached hydrogens (tertiary/aromatic N) is 3. The molecule has 2 aliphatic heterocycles. The second kappa shape index (κ2) is 9.30. The van der Waals surface area contributed by atoms with E-state index in [-0.39, 0.29) is 18.4 Å². The van der Waals surface area contributed by atoms with Crippen molar-refractivity contribution in [3.8, 4) is 5.75 Å². The molecule has 6 nitrogen and oxygen atoms in total. The van der Waals surface area contributed by atoms with E-state index in [1.807, 2.05) is 29.2 Å². The van der Waals surface area contributed by atoms with E-state index >= 15 is 0 Å². The van der Waals surface area contributed by atoms with Crippen LogP contribution >= 0.6 is 0 Å². The number of hydrogen-bond acceptors (Lipinski definition) is 4. The molecule has 2 aliphatic rings. The van der Waals surface area contributed by atoms with E-state index in [4.69, 9.17) is 4.74 Å². The second-order valence-electron chi connectivity index (χ2n) is 8.01. The number of carbonyl (C=O) groups is 2. The smallest absolute Gasteiger partial charge is 0.260 e. The van der Waals surface area contributed by atoms with Crippen molar-refractivity contribution < 1.29 is 14.3 Å². The van der Waals surface area contributed by atoms with Gasteiger partial charge in [-0.25, -0.2) is 0 Å². The molecule has 0 aromatic heterocycles. The van der Waals surface area contributed by atoms with Gasteiger partial charge in [-0.3, -0.25) is 14.5 Å². The number of carbonyl (C=O) groups excluding carboxylic acids is 2. The summed E-state index contributed by atoms with van der Waals surface area (Å²) in [4.78, 5) is 30.4. The van der Waals surface area contributed by atoms with Crippen molar-refractivity contribution in [2.45, 2.75) is 26.3 Å². The van der Waals surface area contributed by atoms with Gasteiger partial charge >= 0.3 is 0 Å². The van der Waals surface area contributed by atoms with Gasteiger partial charge < -0.3 is 14.5 Å². The van der Waals surface area contributed by atoms with E-state index in [1.54, 1.807) is 4.90 Å². The lowest BCUT2D eigenvalue weighted by molar-refractivity contribution is -0.135. The molecule has 0 N–H and O–H groups in total. The number of benzene rings is 2. The van der Waals surface area contributed by atoms with Gasteiger partial charge in [-0.05, 0) is 48.7 Å². The van der Waals surface area contributed by atoms with Crippen LogP contribution in [0.2, 0.25) is 0 Å². The first-order chi connectivity index (χ1) is 14.6. The molecule has 0 radical (unpaired) electrons. The van der Waals surface area contributed by atoms with E-state index in [1.165, 1.54) is 11.1 Å². The standard InChI is InChI=1S/C24H29N3O3/c1-19-5-2-3-6-20(19)17-25-13-15-26(16-14-25)24(29)18-30-22-10-8-21(9-11-22)27-12-4-7-23(27)28/h2-3,5-6,8-11H,4,7,12-18H2,1H3. The van der Waals surface area contributed by atoms with E-state index in [9.17, 15) is 9.59 Å². The fraction of sp³-hybridized carbons (Fsp3) is 0.417. The summed E-state index contributed by atoms with van der Waals surface area (Å²) in [5, 5.41) is 0. The summed E-state index contributed by atoms with van der Waals surface area (Å²) in [7, 11) is 0. The average Bonchev–Trinajstić information content (AvgIpc) is 3.20.